The van der Waals surface area contributed by atoms with Gasteiger partial charge in [0.1, 0.15) is 5.75 Å². The van der Waals surface area contributed by atoms with E-state index in [0.29, 0.717) is 30.5 Å². The van der Waals surface area contributed by atoms with Gasteiger partial charge in [-0.3, -0.25) is 9.79 Å². The highest BCUT2D eigenvalue weighted by atomic mass is 127. The van der Waals surface area contributed by atoms with E-state index in [1.807, 2.05) is 24.3 Å². The molecule has 146 valence electrons. The van der Waals surface area contributed by atoms with Crippen molar-refractivity contribution in [2.45, 2.75) is 26.9 Å². The highest BCUT2D eigenvalue weighted by Gasteiger charge is 2.07. The molecular weight excluding hydrogens is 455 g/mol. The summed E-state index contributed by atoms with van der Waals surface area (Å²) >= 11 is 0. The molecule has 2 rings (SSSR count). The van der Waals surface area contributed by atoms with Crippen LogP contribution in [-0.2, 0) is 17.9 Å². The van der Waals surface area contributed by atoms with Crippen LogP contribution in [0.2, 0.25) is 0 Å². The number of nitrogens with zero attached hydrogens (tertiary/aromatic N) is 1. The van der Waals surface area contributed by atoms with Crippen molar-refractivity contribution in [3.63, 3.8) is 0 Å². The van der Waals surface area contributed by atoms with Gasteiger partial charge in [-0.1, -0.05) is 35.9 Å². The summed E-state index contributed by atoms with van der Waals surface area (Å²) in [4.78, 5) is 15.6. The third-order valence-electron chi connectivity index (χ3n) is 3.80. The summed E-state index contributed by atoms with van der Waals surface area (Å²) in [5, 5.41) is 9.35. The lowest BCUT2D eigenvalue weighted by Crippen LogP contribution is -2.36. The number of guanidine groups is 1. The smallest absolute Gasteiger partial charge is 0.221 e. The van der Waals surface area contributed by atoms with Crippen molar-refractivity contribution in [3.8, 4) is 5.75 Å². The molecule has 0 saturated heterocycles. The summed E-state index contributed by atoms with van der Waals surface area (Å²) in [5.41, 5.74) is 4.09. The first-order valence-corrected chi connectivity index (χ1v) is 8.46. The van der Waals surface area contributed by atoms with Crippen LogP contribution in [0.3, 0.4) is 0 Å². The van der Waals surface area contributed by atoms with Crippen molar-refractivity contribution in [2.24, 2.45) is 4.99 Å². The lowest BCUT2D eigenvalue weighted by molar-refractivity contribution is -0.114. The van der Waals surface area contributed by atoms with Crippen LogP contribution in [0.1, 0.15) is 23.6 Å². The first kappa shape index (κ1) is 22.8. The fourth-order valence-electron chi connectivity index (χ4n) is 2.57. The standard InChI is InChI=1S/C20H26N4O2.HI/c1-14-6-5-7-16(10-14)12-22-20(21-3)23-13-17-8-9-19(26-4)18(11-17)24-15(2)25;/h5-11H,12-13H2,1-4H3,(H,24,25)(H2,21,22,23);1H. The van der Waals surface area contributed by atoms with E-state index < -0.39 is 0 Å². The van der Waals surface area contributed by atoms with Crippen molar-refractivity contribution < 1.29 is 9.53 Å². The number of nitrogens with one attached hydrogen (secondary N) is 3. The molecule has 0 aromatic heterocycles. The normalized spacial score (nSPS) is 10.6. The van der Waals surface area contributed by atoms with Gasteiger partial charge in [-0.25, -0.2) is 0 Å². The van der Waals surface area contributed by atoms with E-state index in [4.69, 9.17) is 4.74 Å². The van der Waals surface area contributed by atoms with E-state index in [1.165, 1.54) is 18.1 Å². The van der Waals surface area contributed by atoms with Gasteiger partial charge >= 0.3 is 0 Å². The molecule has 0 bridgehead atoms. The highest BCUT2D eigenvalue weighted by Crippen LogP contribution is 2.25. The van der Waals surface area contributed by atoms with E-state index in [1.54, 1.807) is 14.2 Å². The summed E-state index contributed by atoms with van der Waals surface area (Å²) in [6.45, 7) is 4.82. The van der Waals surface area contributed by atoms with Crippen molar-refractivity contribution >= 4 is 41.5 Å². The average Bonchev–Trinajstić information content (AvgIpc) is 2.61. The first-order valence-electron chi connectivity index (χ1n) is 8.46. The Morgan fingerprint density at radius 1 is 1.07 bits per heavy atom. The number of carbonyl (C=O) groups excluding carboxylic acids is 1. The molecule has 2 aromatic rings. The molecule has 0 aliphatic heterocycles. The molecule has 0 aliphatic rings. The minimum absolute atomic E-state index is 0. The van der Waals surface area contributed by atoms with Gasteiger partial charge in [-0.15, -0.1) is 24.0 Å². The number of aliphatic imine (C=N–C) groups is 1. The molecular formula is C20H27IN4O2. The number of ether oxygens (including phenoxy) is 1. The topological polar surface area (TPSA) is 74.8 Å². The van der Waals surface area contributed by atoms with Crippen LogP contribution in [0.5, 0.6) is 5.75 Å². The summed E-state index contributed by atoms with van der Waals surface area (Å²) in [6, 6.07) is 14.0. The average molecular weight is 482 g/mol. The van der Waals surface area contributed by atoms with Crippen LogP contribution in [0.4, 0.5) is 5.69 Å². The number of benzene rings is 2. The number of amides is 1. The Morgan fingerprint density at radius 2 is 1.74 bits per heavy atom. The van der Waals surface area contributed by atoms with Crippen LogP contribution < -0.4 is 20.7 Å². The van der Waals surface area contributed by atoms with E-state index in [-0.39, 0.29) is 29.9 Å². The van der Waals surface area contributed by atoms with Crippen LogP contribution in [0, 0.1) is 6.92 Å². The lowest BCUT2D eigenvalue weighted by Gasteiger charge is -2.14. The van der Waals surface area contributed by atoms with Gasteiger partial charge in [0.05, 0.1) is 12.8 Å². The molecule has 0 saturated carbocycles. The molecule has 27 heavy (non-hydrogen) atoms. The van der Waals surface area contributed by atoms with Crippen LogP contribution in [0.15, 0.2) is 47.5 Å². The van der Waals surface area contributed by atoms with Crippen LogP contribution >= 0.6 is 24.0 Å². The molecule has 3 N–H and O–H groups in total. The minimum atomic E-state index is -0.135. The van der Waals surface area contributed by atoms with Crippen LogP contribution in [0.25, 0.3) is 0 Å². The van der Waals surface area contributed by atoms with Crippen molar-refractivity contribution in [2.75, 3.05) is 19.5 Å². The fourth-order valence-corrected chi connectivity index (χ4v) is 2.57. The number of halogens is 1. The van der Waals surface area contributed by atoms with E-state index >= 15 is 0 Å². The monoisotopic (exact) mass is 482 g/mol. The number of hydrogen-bond donors (Lipinski definition) is 3. The van der Waals surface area contributed by atoms with Crippen molar-refractivity contribution in [1.82, 2.24) is 10.6 Å². The fraction of sp³-hybridized carbons (Fsp3) is 0.300. The summed E-state index contributed by atoms with van der Waals surface area (Å²) in [5.74, 6) is 1.21. The van der Waals surface area contributed by atoms with Gasteiger partial charge in [-0.05, 0) is 30.2 Å². The maximum atomic E-state index is 11.3. The predicted molar refractivity (Wildman–Crippen MR) is 121 cm³/mol. The van der Waals surface area contributed by atoms with Gasteiger partial charge in [0.15, 0.2) is 5.96 Å². The van der Waals surface area contributed by atoms with E-state index in [0.717, 1.165) is 5.56 Å². The molecule has 0 radical (unpaired) electrons. The van der Waals surface area contributed by atoms with Gasteiger partial charge in [0, 0.05) is 27.1 Å². The molecule has 0 fully saturated rings. The molecule has 6 nitrogen and oxygen atoms in total. The zero-order valence-corrected chi connectivity index (χ0v) is 18.5. The maximum Gasteiger partial charge on any atom is 0.221 e. The Hall–Kier alpha value is -2.29. The maximum absolute atomic E-state index is 11.3. The second kappa shape index (κ2) is 11.4. The Morgan fingerprint density at radius 3 is 2.30 bits per heavy atom. The van der Waals surface area contributed by atoms with Crippen molar-refractivity contribution in [1.29, 1.82) is 0 Å². The number of anilines is 1. The Balaban J connectivity index is 0.00000364. The zero-order valence-electron chi connectivity index (χ0n) is 16.1. The SMILES string of the molecule is CN=C(NCc1cccc(C)c1)NCc1ccc(OC)c(NC(C)=O)c1.I. The largest absolute Gasteiger partial charge is 0.495 e. The highest BCUT2D eigenvalue weighted by molar-refractivity contribution is 14.0. The molecule has 0 heterocycles. The third-order valence-corrected chi connectivity index (χ3v) is 3.80. The summed E-state index contributed by atoms with van der Waals surface area (Å²) < 4.78 is 5.27. The number of carbonyl (C=O) groups is 1. The lowest BCUT2D eigenvalue weighted by atomic mass is 10.1. The Bertz CT molecular complexity index is 793. The molecule has 0 aliphatic carbocycles. The molecule has 2 aromatic carbocycles. The van der Waals surface area contributed by atoms with Crippen molar-refractivity contribution in [3.05, 3.63) is 59.2 Å². The molecule has 0 spiro atoms. The van der Waals surface area contributed by atoms with Crippen LogP contribution in [-0.4, -0.2) is 26.0 Å². The van der Waals surface area contributed by atoms with E-state index in [2.05, 4.69) is 46.1 Å². The quantitative estimate of drug-likeness (QED) is 0.335. The second-order valence-corrected chi connectivity index (χ2v) is 5.98. The molecule has 0 unspecified atom stereocenters. The second-order valence-electron chi connectivity index (χ2n) is 5.98. The van der Waals surface area contributed by atoms with Gasteiger partial charge in [0.25, 0.3) is 0 Å². The van der Waals surface area contributed by atoms with Gasteiger partial charge in [-0.2, -0.15) is 0 Å². The zero-order chi connectivity index (χ0) is 18.9. The Kier molecular flexibility index (Phi) is 9.63. The molecule has 0 atom stereocenters. The molecule has 1 amide bonds. The first-order chi connectivity index (χ1) is 12.5. The van der Waals surface area contributed by atoms with Gasteiger partial charge < -0.3 is 20.7 Å². The predicted octanol–water partition coefficient (Wildman–Crippen LogP) is 3.45. The van der Waals surface area contributed by atoms with E-state index in [9.17, 15) is 4.79 Å². The third kappa shape index (κ3) is 7.46. The Labute approximate surface area is 177 Å². The number of aryl methyl sites for hydroxylation is 1. The number of methoxy groups -OCH3 is 1. The van der Waals surface area contributed by atoms with Gasteiger partial charge in [0.2, 0.25) is 5.91 Å². The molecule has 7 heteroatoms. The summed E-state index contributed by atoms with van der Waals surface area (Å²) in [7, 11) is 3.32. The number of rotatable bonds is 6. The number of hydrogen-bond acceptors (Lipinski definition) is 3. The summed E-state index contributed by atoms with van der Waals surface area (Å²) in [6.07, 6.45) is 0. The minimum Gasteiger partial charge on any atom is -0.495 e.